The van der Waals surface area contributed by atoms with Gasteiger partial charge in [0.1, 0.15) is 5.69 Å². The minimum absolute atomic E-state index is 0.208. The topological polar surface area (TPSA) is 46.9 Å². The highest BCUT2D eigenvalue weighted by atomic mass is 16.1. The summed E-state index contributed by atoms with van der Waals surface area (Å²) in [4.78, 5) is 12.9. The Labute approximate surface area is 109 Å². The lowest BCUT2D eigenvalue weighted by Crippen LogP contribution is -2.46. The second-order valence-electron chi connectivity index (χ2n) is 5.17. The minimum atomic E-state index is -0.208. The van der Waals surface area contributed by atoms with E-state index < -0.39 is 0 Å². The predicted molar refractivity (Wildman–Crippen MR) is 71.7 cm³/mol. The molecule has 1 fully saturated rings. The van der Waals surface area contributed by atoms with Crippen LogP contribution in [0.5, 0.6) is 0 Å². The van der Waals surface area contributed by atoms with Crippen LogP contribution in [0.4, 0.5) is 0 Å². The molecule has 1 aliphatic rings. The zero-order chi connectivity index (χ0) is 13.0. The Hall–Kier alpha value is -1.16. The number of carbonyl (C=O) groups is 1. The molecule has 2 rings (SSSR count). The van der Waals surface area contributed by atoms with Crippen LogP contribution in [0.15, 0.2) is 12.3 Å². The summed E-state index contributed by atoms with van der Waals surface area (Å²) < 4.78 is 1.81. The number of carbonyl (C=O) groups excluding carboxylic acids is 1. The first-order valence-electron chi connectivity index (χ1n) is 7.01. The predicted octanol–water partition coefficient (Wildman–Crippen LogP) is 2.26. The molecule has 18 heavy (non-hydrogen) atoms. The van der Waals surface area contributed by atoms with Crippen molar-refractivity contribution in [1.82, 2.24) is 15.1 Å². The fourth-order valence-electron chi connectivity index (χ4n) is 3.02. The molecule has 4 heteroatoms. The van der Waals surface area contributed by atoms with E-state index in [2.05, 4.69) is 17.3 Å². The molecule has 0 aromatic carbocycles. The fraction of sp³-hybridized carbons (Fsp3) is 0.714. The van der Waals surface area contributed by atoms with Gasteiger partial charge in [0, 0.05) is 24.7 Å². The van der Waals surface area contributed by atoms with Gasteiger partial charge < -0.3 is 5.32 Å². The molecule has 1 N–H and O–H groups in total. The van der Waals surface area contributed by atoms with Gasteiger partial charge in [-0.15, -0.1) is 0 Å². The SMILES string of the molecule is CCCC1(C(=O)c2ccnn2CC)CCCNC1. The van der Waals surface area contributed by atoms with Gasteiger partial charge in [-0.3, -0.25) is 9.48 Å². The molecule has 1 aliphatic heterocycles. The summed E-state index contributed by atoms with van der Waals surface area (Å²) >= 11 is 0. The maximum Gasteiger partial charge on any atom is 0.188 e. The molecule has 0 saturated carbocycles. The first-order valence-corrected chi connectivity index (χ1v) is 7.01. The lowest BCUT2D eigenvalue weighted by atomic mass is 9.72. The van der Waals surface area contributed by atoms with Crippen molar-refractivity contribution >= 4 is 5.78 Å². The number of nitrogens with one attached hydrogen (secondary N) is 1. The molecule has 1 saturated heterocycles. The standard InChI is InChI=1S/C14H23N3O/c1-3-7-14(8-5-9-15-11-14)13(18)12-6-10-16-17(12)4-2/h6,10,15H,3-5,7-9,11H2,1-2H3. The number of Topliss-reactive ketones (excluding diaryl/α,β-unsaturated/α-hetero) is 1. The van der Waals surface area contributed by atoms with Crippen molar-refractivity contribution in [2.75, 3.05) is 13.1 Å². The third-order valence-corrected chi connectivity index (χ3v) is 3.93. The number of ketones is 1. The van der Waals surface area contributed by atoms with Gasteiger partial charge in [0.2, 0.25) is 0 Å². The normalized spacial score (nSPS) is 24.1. The highest BCUT2D eigenvalue weighted by molar-refractivity contribution is 5.99. The Morgan fingerprint density at radius 1 is 1.56 bits per heavy atom. The van der Waals surface area contributed by atoms with E-state index in [1.807, 2.05) is 17.7 Å². The van der Waals surface area contributed by atoms with Crippen molar-refractivity contribution in [3.63, 3.8) is 0 Å². The van der Waals surface area contributed by atoms with Crippen molar-refractivity contribution in [1.29, 1.82) is 0 Å². The summed E-state index contributed by atoms with van der Waals surface area (Å²) in [6, 6.07) is 1.86. The van der Waals surface area contributed by atoms with Crippen molar-refractivity contribution in [3.05, 3.63) is 18.0 Å². The Morgan fingerprint density at radius 2 is 2.39 bits per heavy atom. The molecule has 0 radical (unpaired) electrons. The minimum Gasteiger partial charge on any atom is -0.316 e. The van der Waals surface area contributed by atoms with Crippen molar-refractivity contribution < 1.29 is 4.79 Å². The highest BCUT2D eigenvalue weighted by Crippen LogP contribution is 2.35. The summed E-state index contributed by atoms with van der Waals surface area (Å²) in [5.41, 5.74) is 0.564. The maximum absolute atomic E-state index is 12.9. The number of nitrogens with zero attached hydrogens (tertiary/aromatic N) is 2. The van der Waals surface area contributed by atoms with E-state index in [1.54, 1.807) is 6.20 Å². The largest absolute Gasteiger partial charge is 0.316 e. The highest BCUT2D eigenvalue weighted by Gasteiger charge is 2.40. The molecule has 1 atom stereocenters. The molecule has 1 aromatic heterocycles. The second-order valence-corrected chi connectivity index (χ2v) is 5.17. The van der Waals surface area contributed by atoms with Crippen molar-refractivity contribution in [2.45, 2.75) is 46.1 Å². The maximum atomic E-state index is 12.9. The van der Waals surface area contributed by atoms with Gasteiger partial charge in [-0.1, -0.05) is 13.3 Å². The van der Waals surface area contributed by atoms with E-state index in [1.165, 1.54) is 0 Å². The lowest BCUT2D eigenvalue weighted by Gasteiger charge is -2.36. The van der Waals surface area contributed by atoms with Crippen LogP contribution in [-0.4, -0.2) is 28.7 Å². The first-order chi connectivity index (χ1) is 8.73. The van der Waals surface area contributed by atoms with Gasteiger partial charge in [-0.2, -0.15) is 5.10 Å². The Bertz CT molecular complexity index is 399. The molecule has 1 unspecified atom stereocenters. The van der Waals surface area contributed by atoms with Crippen LogP contribution in [0, 0.1) is 5.41 Å². The first kappa shape index (κ1) is 13.3. The number of piperidine rings is 1. The van der Waals surface area contributed by atoms with E-state index in [0.29, 0.717) is 0 Å². The van der Waals surface area contributed by atoms with Crippen LogP contribution in [-0.2, 0) is 6.54 Å². The quantitative estimate of drug-likeness (QED) is 0.814. The molecular weight excluding hydrogens is 226 g/mol. The zero-order valence-electron chi connectivity index (χ0n) is 11.4. The molecular formula is C14H23N3O. The monoisotopic (exact) mass is 249 g/mol. The van der Waals surface area contributed by atoms with E-state index in [9.17, 15) is 4.79 Å². The second kappa shape index (κ2) is 5.65. The molecule has 1 aromatic rings. The summed E-state index contributed by atoms with van der Waals surface area (Å²) in [6.07, 6.45) is 5.83. The van der Waals surface area contributed by atoms with Crippen molar-refractivity contribution in [2.24, 2.45) is 5.41 Å². The molecule has 0 bridgehead atoms. The summed E-state index contributed by atoms with van der Waals surface area (Å²) in [5.74, 6) is 0.274. The summed E-state index contributed by atoms with van der Waals surface area (Å²) in [5, 5.41) is 7.61. The molecule has 2 heterocycles. The van der Waals surface area contributed by atoms with Crippen LogP contribution in [0.25, 0.3) is 0 Å². The Balaban J connectivity index is 2.28. The average Bonchev–Trinajstić information content (AvgIpc) is 2.87. The van der Waals surface area contributed by atoms with Gasteiger partial charge in [0.15, 0.2) is 5.78 Å². The van der Waals surface area contributed by atoms with Crippen LogP contribution >= 0.6 is 0 Å². The van der Waals surface area contributed by atoms with E-state index in [-0.39, 0.29) is 11.2 Å². The molecule has 4 nitrogen and oxygen atoms in total. The van der Waals surface area contributed by atoms with Gasteiger partial charge >= 0.3 is 0 Å². The molecule has 0 amide bonds. The molecule has 100 valence electrons. The Kier molecular flexibility index (Phi) is 4.17. The smallest absolute Gasteiger partial charge is 0.188 e. The van der Waals surface area contributed by atoms with Crippen LogP contribution in [0.2, 0.25) is 0 Å². The molecule has 0 spiro atoms. The van der Waals surface area contributed by atoms with E-state index >= 15 is 0 Å². The summed E-state index contributed by atoms with van der Waals surface area (Å²) in [7, 11) is 0. The number of aromatic nitrogens is 2. The number of rotatable bonds is 5. The fourth-order valence-corrected chi connectivity index (χ4v) is 3.02. The summed E-state index contributed by atoms with van der Waals surface area (Å²) in [6.45, 7) is 6.78. The van der Waals surface area contributed by atoms with Gasteiger partial charge in [-0.25, -0.2) is 0 Å². The Morgan fingerprint density at radius 3 is 3.00 bits per heavy atom. The zero-order valence-corrected chi connectivity index (χ0v) is 11.4. The van der Waals surface area contributed by atoms with E-state index in [0.717, 1.165) is 51.0 Å². The van der Waals surface area contributed by atoms with Crippen molar-refractivity contribution in [3.8, 4) is 0 Å². The average molecular weight is 249 g/mol. The van der Waals surface area contributed by atoms with Crippen LogP contribution < -0.4 is 5.32 Å². The van der Waals surface area contributed by atoms with Gasteiger partial charge in [0.05, 0.1) is 0 Å². The number of hydrogen-bond donors (Lipinski definition) is 1. The van der Waals surface area contributed by atoms with Crippen LogP contribution in [0.3, 0.4) is 0 Å². The van der Waals surface area contributed by atoms with Gasteiger partial charge in [0.25, 0.3) is 0 Å². The van der Waals surface area contributed by atoms with Crippen LogP contribution in [0.1, 0.15) is 50.0 Å². The lowest BCUT2D eigenvalue weighted by molar-refractivity contribution is 0.0705. The third kappa shape index (κ3) is 2.34. The van der Waals surface area contributed by atoms with Gasteiger partial charge in [-0.05, 0) is 38.8 Å². The van der Waals surface area contributed by atoms with E-state index in [4.69, 9.17) is 0 Å². The molecule has 0 aliphatic carbocycles. The number of aryl methyl sites for hydroxylation is 1. The third-order valence-electron chi connectivity index (χ3n) is 3.93. The number of hydrogen-bond acceptors (Lipinski definition) is 3.